The Bertz CT molecular complexity index is 414. The summed E-state index contributed by atoms with van der Waals surface area (Å²) in [5, 5.41) is 5.32. The molecule has 0 aromatic carbocycles. The zero-order valence-electron chi connectivity index (χ0n) is 13.5. The largest absolute Gasteiger partial charge is 0.458 e. The molecule has 1 fully saturated rings. The summed E-state index contributed by atoms with van der Waals surface area (Å²) in [6.07, 6.45) is 1.55. The summed E-state index contributed by atoms with van der Waals surface area (Å²) in [4.78, 5) is 35.6. The number of hydrogen-bond acceptors (Lipinski definition) is 4. The summed E-state index contributed by atoms with van der Waals surface area (Å²) in [7, 11) is 0. The molecule has 1 aliphatic rings. The van der Waals surface area contributed by atoms with Crippen molar-refractivity contribution < 1.29 is 19.1 Å². The van der Waals surface area contributed by atoms with Gasteiger partial charge in [-0.1, -0.05) is 20.3 Å². The van der Waals surface area contributed by atoms with Gasteiger partial charge in [0.25, 0.3) is 0 Å². The van der Waals surface area contributed by atoms with Crippen molar-refractivity contribution in [3.8, 4) is 0 Å². The molecular weight excluding hydrogens is 272 g/mol. The van der Waals surface area contributed by atoms with Crippen molar-refractivity contribution >= 4 is 17.8 Å². The van der Waals surface area contributed by atoms with Crippen molar-refractivity contribution in [2.45, 2.75) is 71.6 Å². The third-order valence-corrected chi connectivity index (χ3v) is 3.48. The fourth-order valence-corrected chi connectivity index (χ4v) is 2.10. The van der Waals surface area contributed by atoms with Gasteiger partial charge in [-0.3, -0.25) is 9.59 Å². The number of carbonyl (C=O) groups excluding carboxylic acids is 3. The molecule has 1 aliphatic heterocycles. The van der Waals surface area contributed by atoms with E-state index in [9.17, 15) is 14.4 Å². The van der Waals surface area contributed by atoms with Crippen LogP contribution < -0.4 is 10.6 Å². The van der Waals surface area contributed by atoms with Crippen molar-refractivity contribution in [3.05, 3.63) is 0 Å². The molecule has 0 bridgehead atoms. The highest BCUT2D eigenvalue weighted by Crippen LogP contribution is 2.16. The lowest BCUT2D eigenvalue weighted by Crippen LogP contribution is -2.52. The predicted octanol–water partition coefficient (Wildman–Crippen LogP) is 1.14. The van der Waals surface area contributed by atoms with Crippen LogP contribution in [0.25, 0.3) is 0 Å². The summed E-state index contributed by atoms with van der Waals surface area (Å²) in [6, 6.07) is -1.24. The molecule has 2 amide bonds. The lowest BCUT2D eigenvalue weighted by Gasteiger charge is -2.28. The molecule has 2 N–H and O–H groups in total. The van der Waals surface area contributed by atoms with Gasteiger partial charge in [-0.05, 0) is 33.1 Å². The van der Waals surface area contributed by atoms with Crippen molar-refractivity contribution in [1.82, 2.24) is 10.6 Å². The van der Waals surface area contributed by atoms with Crippen LogP contribution in [0.1, 0.15) is 53.9 Å². The first-order valence-corrected chi connectivity index (χ1v) is 7.46. The van der Waals surface area contributed by atoms with E-state index in [-0.39, 0.29) is 17.7 Å². The molecule has 6 heteroatoms. The molecule has 0 aliphatic carbocycles. The number of ether oxygens (including phenoxy) is 1. The minimum absolute atomic E-state index is 0.0408. The highest BCUT2D eigenvalue weighted by atomic mass is 16.6. The van der Waals surface area contributed by atoms with Gasteiger partial charge in [0.1, 0.15) is 17.7 Å². The molecule has 0 unspecified atom stereocenters. The molecule has 21 heavy (non-hydrogen) atoms. The number of carbonyl (C=O) groups is 3. The normalized spacial score (nSPS) is 21.4. The average Bonchev–Trinajstić information content (AvgIpc) is 2.79. The van der Waals surface area contributed by atoms with E-state index in [0.29, 0.717) is 12.8 Å². The molecule has 1 rings (SSSR count). The zero-order chi connectivity index (χ0) is 16.2. The first-order chi connectivity index (χ1) is 9.64. The van der Waals surface area contributed by atoms with Crippen LogP contribution in [0.3, 0.4) is 0 Å². The lowest BCUT2D eigenvalue weighted by molar-refractivity contribution is -0.160. The van der Waals surface area contributed by atoms with Gasteiger partial charge < -0.3 is 15.4 Å². The second kappa shape index (κ2) is 6.91. The first-order valence-electron chi connectivity index (χ1n) is 7.46. The monoisotopic (exact) mass is 298 g/mol. The van der Waals surface area contributed by atoms with E-state index in [2.05, 4.69) is 10.6 Å². The Hall–Kier alpha value is -1.59. The van der Waals surface area contributed by atoms with E-state index in [1.165, 1.54) is 0 Å². The molecule has 0 aromatic heterocycles. The van der Waals surface area contributed by atoms with Crippen molar-refractivity contribution in [2.24, 2.45) is 5.92 Å². The van der Waals surface area contributed by atoms with Gasteiger partial charge in [-0.2, -0.15) is 0 Å². The molecule has 1 saturated heterocycles. The molecule has 0 radical (unpaired) electrons. The number of amides is 2. The fourth-order valence-electron chi connectivity index (χ4n) is 2.10. The number of nitrogens with one attached hydrogen (secondary N) is 2. The van der Waals surface area contributed by atoms with Gasteiger partial charge in [0.2, 0.25) is 11.8 Å². The van der Waals surface area contributed by atoms with Gasteiger partial charge in [0.05, 0.1) is 0 Å². The smallest absolute Gasteiger partial charge is 0.329 e. The van der Waals surface area contributed by atoms with E-state index in [1.54, 1.807) is 20.8 Å². The Balaban J connectivity index is 2.72. The summed E-state index contributed by atoms with van der Waals surface area (Å²) in [5.74, 6) is -0.931. The lowest BCUT2D eigenvalue weighted by atomic mass is 9.98. The maximum atomic E-state index is 12.2. The predicted molar refractivity (Wildman–Crippen MR) is 78.4 cm³/mol. The van der Waals surface area contributed by atoms with Crippen LogP contribution in [0.4, 0.5) is 0 Å². The number of hydrogen-bond donors (Lipinski definition) is 2. The average molecular weight is 298 g/mol. The molecule has 3 atom stereocenters. The summed E-state index contributed by atoms with van der Waals surface area (Å²) in [5.41, 5.74) is -0.602. The van der Waals surface area contributed by atoms with E-state index in [4.69, 9.17) is 4.74 Å². The Morgan fingerprint density at radius 3 is 2.48 bits per heavy atom. The zero-order valence-corrected chi connectivity index (χ0v) is 13.5. The van der Waals surface area contributed by atoms with Crippen LogP contribution in [0, 0.1) is 5.92 Å². The second-order valence-electron chi connectivity index (χ2n) is 6.56. The standard InChI is InChI=1S/C15H26N2O4/c1-6-9(2)12(14(20)21-15(3,4)5)17-13(19)10-7-8-11(18)16-10/h9-10,12H,6-8H2,1-5H3,(H,16,18)(H,17,19)/t9-,10-,12-/m0/s1. The fraction of sp³-hybridized carbons (Fsp3) is 0.800. The first kappa shape index (κ1) is 17.5. The molecule has 6 nitrogen and oxygen atoms in total. The van der Waals surface area contributed by atoms with Crippen LogP contribution in [0.5, 0.6) is 0 Å². The van der Waals surface area contributed by atoms with Gasteiger partial charge >= 0.3 is 5.97 Å². The maximum Gasteiger partial charge on any atom is 0.329 e. The molecule has 0 saturated carbocycles. The van der Waals surface area contributed by atoms with E-state index in [1.807, 2.05) is 13.8 Å². The number of esters is 1. The highest BCUT2D eigenvalue weighted by molar-refractivity contribution is 5.93. The summed E-state index contributed by atoms with van der Waals surface area (Å²) in [6.45, 7) is 9.21. The Kier molecular flexibility index (Phi) is 5.75. The molecule has 0 aromatic rings. The minimum Gasteiger partial charge on any atom is -0.458 e. The Labute approximate surface area is 126 Å². The Morgan fingerprint density at radius 1 is 1.43 bits per heavy atom. The van der Waals surface area contributed by atoms with Crippen molar-refractivity contribution in [2.75, 3.05) is 0 Å². The van der Waals surface area contributed by atoms with Crippen LogP contribution in [-0.2, 0) is 19.1 Å². The van der Waals surface area contributed by atoms with Crippen molar-refractivity contribution in [3.63, 3.8) is 0 Å². The van der Waals surface area contributed by atoms with Crippen LogP contribution >= 0.6 is 0 Å². The highest BCUT2D eigenvalue weighted by Gasteiger charge is 2.34. The van der Waals surface area contributed by atoms with E-state index < -0.39 is 23.7 Å². The molecular formula is C15H26N2O4. The SMILES string of the molecule is CC[C@H](C)[C@H](NC(=O)[C@@H]1CCC(=O)N1)C(=O)OC(C)(C)C. The quantitative estimate of drug-likeness (QED) is 0.745. The van der Waals surface area contributed by atoms with Crippen molar-refractivity contribution in [1.29, 1.82) is 0 Å². The summed E-state index contributed by atoms with van der Waals surface area (Å²) >= 11 is 0. The van der Waals surface area contributed by atoms with Gasteiger partial charge in [-0.15, -0.1) is 0 Å². The maximum absolute atomic E-state index is 12.2. The molecule has 1 heterocycles. The topological polar surface area (TPSA) is 84.5 Å². The second-order valence-corrected chi connectivity index (χ2v) is 6.56. The van der Waals surface area contributed by atoms with Gasteiger partial charge in [0, 0.05) is 6.42 Å². The van der Waals surface area contributed by atoms with Gasteiger partial charge in [-0.25, -0.2) is 4.79 Å². The van der Waals surface area contributed by atoms with Crippen LogP contribution in [0.15, 0.2) is 0 Å². The van der Waals surface area contributed by atoms with E-state index in [0.717, 1.165) is 6.42 Å². The summed E-state index contributed by atoms with van der Waals surface area (Å²) < 4.78 is 5.37. The Morgan fingerprint density at radius 2 is 2.05 bits per heavy atom. The van der Waals surface area contributed by atoms with Crippen LogP contribution in [-0.4, -0.2) is 35.5 Å². The van der Waals surface area contributed by atoms with Crippen LogP contribution in [0.2, 0.25) is 0 Å². The molecule has 120 valence electrons. The molecule has 0 spiro atoms. The van der Waals surface area contributed by atoms with Gasteiger partial charge in [0.15, 0.2) is 0 Å². The third-order valence-electron chi connectivity index (χ3n) is 3.48. The third kappa shape index (κ3) is 5.36. The minimum atomic E-state index is -0.695. The number of rotatable bonds is 5. The van der Waals surface area contributed by atoms with E-state index >= 15 is 0 Å².